The van der Waals surface area contributed by atoms with Crippen LogP contribution in [-0.2, 0) is 0 Å². The lowest BCUT2D eigenvalue weighted by Crippen LogP contribution is -2.39. The van der Waals surface area contributed by atoms with Crippen molar-refractivity contribution in [1.29, 1.82) is 0 Å². The van der Waals surface area contributed by atoms with E-state index in [0.717, 1.165) is 4.90 Å². The minimum absolute atomic E-state index is 0.0103. The van der Waals surface area contributed by atoms with E-state index in [9.17, 15) is 18.0 Å². The number of ether oxygens (including phenoxy) is 2. The molecule has 0 atom stereocenters. The molecule has 0 N–H and O–H groups in total. The van der Waals surface area contributed by atoms with Gasteiger partial charge in [0.1, 0.15) is 19.8 Å². The van der Waals surface area contributed by atoms with Gasteiger partial charge in [0, 0.05) is 18.2 Å². The SMILES string of the molecule is CCCCN(CC(F)(F)F)C(=O)c1cc(-c2ccc3c(c2)OCCO3)nc2c1cnn2C(C)C. The van der Waals surface area contributed by atoms with Crippen molar-refractivity contribution >= 4 is 16.9 Å². The molecule has 3 heterocycles. The Morgan fingerprint density at radius 1 is 1.18 bits per heavy atom. The van der Waals surface area contributed by atoms with Gasteiger partial charge in [-0.25, -0.2) is 9.67 Å². The van der Waals surface area contributed by atoms with Gasteiger partial charge in [0.25, 0.3) is 5.91 Å². The number of aromatic nitrogens is 3. The zero-order chi connectivity index (χ0) is 24.5. The molecule has 0 saturated heterocycles. The third-order valence-corrected chi connectivity index (χ3v) is 5.56. The summed E-state index contributed by atoms with van der Waals surface area (Å²) < 4.78 is 52.8. The van der Waals surface area contributed by atoms with Crippen molar-refractivity contribution in [2.45, 2.75) is 45.8 Å². The summed E-state index contributed by atoms with van der Waals surface area (Å²) in [6.07, 6.45) is -1.87. The van der Waals surface area contributed by atoms with Crippen molar-refractivity contribution in [2.75, 3.05) is 26.3 Å². The molecule has 3 aromatic rings. The number of nitrogens with zero attached hydrogens (tertiary/aromatic N) is 4. The first kappa shape index (κ1) is 23.8. The molecule has 2 aromatic heterocycles. The standard InChI is InChI=1S/C24H27F3N4O3/c1-4-5-8-30(14-24(25,26)27)23(32)17-12-19(29-22-18(17)13-28-31(22)15(2)3)16-6-7-20-21(11-16)34-10-9-33-20/h6-7,11-13,15H,4-5,8-10,14H2,1-3H3. The van der Waals surface area contributed by atoms with Crippen molar-refractivity contribution < 1.29 is 27.4 Å². The Bertz CT molecular complexity index is 1190. The Morgan fingerprint density at radius 2 is 1.91 bits per heavy atom. The van der Waals surface area contributed by atoms with E-state index in [1.54, 1.807) is 22.9 Å². The molecule has 4 rings (SSSR count). The predicted molar refractivity (Wildman–Crippen MR) is 121 cm³/mol. The van der Waals surface area contributed by atoms with Crippen LogP contribution < -0.4 is 9.47 Å². The number of hydrogen-bond acceptors (Lipinski definition) is 5. The van der Waals surface area contributed by atoms with Gasteiger partial charge in [0.15, 0.2) is 17.1 Å². The van der Waals surface area contributed by atoms with E-state index in [4.69, 9.17) is 14.5 Å². The summed E-state index contributed by atoms with van der Waals surface area (Å²) in [5.41, 5.74) is 1.68. The van der Waals surface area contributed by atoms with Gasteiger partial charge in [-0.2, -0.15) is 18.3 Å². The van der Waals surface area contributed by atoms with Crippen molar-refractivity contribution in [3.05, 3.63) is 36.0 Å². The Balaban J connectivity index is 1.84. The molecule has 0 spiro atoms. The molecule has 0 saturated carbocycles. The first-order valence-corrected chi connectivity index (χ1v) is 11.3. The highest BCUT2D eigenvalue weighted by atomic mass is 19.4. The van der Waals surface area contributed by atoms with Gasteiger partial charge in [-0.05, 0) is 44.5 Å². The van der Waals surface area contributed by atoms with E-state index < -0.39 is 18.6 Å². The number of unbranched alkanes of at least 4 members (excludes halogenated alkanes) is 1. The Labute approximate surface area is 195 Å². The van der Waals surface area contributed by atoms with Gasteiger partial charge in [-0.3, -0.25) is 4.79 Å². The molecule has 10 heteroatoms. The number of amides is 1. The van der Waals surface area contributed by atoms with Crippen LogP contribution >= 0.6 is 0 Å². The topological polar surface area (TPSA) is 69.5 Å². The lowest BCUT2D eigenvalue weighted by Gasteiger charge is -2.24. The molecule has 0 aliphatic carbocycles. The monoisotopic (exact) mass is 476 g/mol. The maximum atomic E-state index is 13.5. The summed E-state index contributed by atoms with van der Waals surface area (Å²) in [5.74, 6) is 0.466. The van der Waals surface area contributed by atoms with Gasteiger partial charge in [0.05, 0.1) is 22.8 Å². The molecule has 1 aliphatic rings. The summed E-state index contributed by atoms with van der Waals surface area (Å²) in [5, 5.41) is 4.78. The van der Waals surface area contributed by atoms with E-state index in [-0.39, 0.29) is 18.2 Å². The molecule has 1 aromatic carbocycles. The lowest BCUT2D eigenvalue weighted by atomic mass is 10.0. The molecule has 0 fully saturated rings. The molecule has 34 heavy (non-hydrogen) atoms. The van der Waals surface area contributed by atoms with Gasteiger partial charge < -0.3 is 14.4 Å². The number of pyridine rings is 1. The molecule has 1 aliphatic heterocycles. The minimum Gasteiger partial charge on any atom is -0.486 e. The van der Waals surface area contributed by atoms with E-state index in [1.807, 2.05) is 20.8 Å². The largest absolute Gasteiger partial charge is 0.486 e. The Morgan fingerprint density at radius 3 is 2.59 bits per heavy atom. The van der Waals surface area contributed by atoms with E-state index in [1.165, 1.54) is 12.3 Å². The fourth-order valence-corrected chi connectivity index (χ4v) is 3.91. The second kappa shape index (κ2) is 9.52. The maximum Gasteiger partial charge on any atom is 0.406 e. The van der Waals surface area contributed by atoms with E-state index in [0.29, 0.717) is 59.8 Å². The number of rotatable bonds is 7. The predicted octanol–water partition coefficient (Wildman–Crippen LogP) is 5.26. The van der Waals surface area contributed by atoms with Crippen LogP contribution in [0.15, 0.2) is 30.5 Å². The van der Waals surface area contributed by atoms with Crippen molar-refractivity contribution in [1.82, 2.24) is 19.7 Å². The number of alkyl halides is 3. The second-order valence-corrected chi connectivity index (χ2v) is 8.53. The normalized spacial score (nSPS) is 13.5. The third-order valence-electron chi connectivity index (χ3n) is 5.56. The molecular formula is C24H27F3N4O3. The van der Waals surface area contributed by atoms with Crippen LogP contribution in [0.1, 0.15) is 50.0 Å². The Hall–Kier alpha value is -3.30. The average molecular weight is 476 g/mol. The quantitative estimate of drug-likeness (QED) is 0.466. The van der Waals surface area contributed by atoms with Crippen molar-refractivity contribution in [2.24, 2.45) is 0 Å². The number of benzene rings is 1. The van der Waals surface area contributed by atoms with Crippen molar-refractivity contribution in [3.8, 4) is 22.8 Å². The summed E-state index contributed by atoms with van der Waals surface area (Å²) in [6, 6.07) is 6.79. The average Bonchev–Trinajstić information content (AvgIpc) is 3.24. The molecule has 1 amide bonds. The van der Waals surface area contributed by atoms with Gasteiger partial charge in [0.2, 0.25) is 0 Å². The minimum atomic E-state index is -4.50. The van der Waals surface area contributed by atoms with Crippen LogP contribution in [0.25, 0.3) is 22.3 Å². The molecule has 7 nitrogen and oxygen atoms in total. The number of carbonyl (C=O) groups excluding carboxylic acids is 1. The number of fused-ring (bicyclic) bond motifs is 2. The number of carbonyl (C=O) groups is 1. The molecule has 0 bridgehead atoms. The second-order valence-electron chi connectivity index (χ2n) is 8.53. The molecular weight excluding hydrogens is 449 g/mol. The third kappa shape index (κ3) is 4.95. The zero-order valence-corrected chi connectivity index (χ0v) is 19.4. The highest BCUT2D eigenvalue weighted by molar-refractivity contribution is 6.06. The summed E-state index contributed by atoms with van der Waals surface area (Å²) in [7, 11) is 0. The van der Waals surface area contributed by atoms with Crippen molar-refractivity contribution in [3.63, 3.8) is 0 Å². The van der Waals surface area contributed by atoms with Crippen LogP contribution in [-0.4, -0.2) is 58.1 Å². The van der Waals surface area contributed by atoms with Crippen LogP contribution in [0.4, 0.5) is 13.2 Å². The van der Waals surface area contributed by atoms with Crippen LogP contribution in [0.5, 0.6) is 11.5 Å². The molecule has 0 radical (unpaired) electrons. The van der Waals surface area contributed by atoms with Gasteiger partial charge >= 0.3 is 6.18 Å². The highest BCUT2D eigenvalue weighted by Gasteiger charge is 2.34. The van der Waals surface area contributed by atoms with Crippen LogP contribution in [0.2, 0.25) is 0 Å². The molecule has 182 valence electrons. The first-order chi connectivity index (χ1) is 16.2. The fraction of sp³-hybridized carbons (Fsp3) is 0.458. The molecule has 0 unspecified atom stereocenters. The lowest BCUT2D eigenvalue weighted by molar-refractivity contribution is -0.140. The zero-order valence-electron chi connectivity index (χ0n) is 19.4. The fourth-order valence-electron chi connectivity index (χ4n) is 3.91. The maximum absolute atomic E-state index is 13.5. The summed E-state index contributed by atoms with van der Waals surface area (Å²) >= 11 is 0. The van der Waals surface area contributed by atoms with Gasteiger partial charge in [-0.1, -0.05) is 13.3 Å². The Kier molecular flexibility index (Phi) is 6.67. The smallest absolute Gasteiger partial charge is 0.406 e. The van der Waals surface area contributed by atoms with Crippen LogP contribution in [0, 0.1) is 0 Å². The van der Waals surface area contributed by atoms with E-state index in [2.05, 4.69) is 5.10 Å². The van der Waals surface area contributed by atoms with E-state index >= 15 is 0 Å². The number of hydrogen-bond donors (Lipinski definition) is 0. The number of halogens is 3. The summed E-state index contributed by atoms with van der Waals surface area (Å²) in [4.78, 5) is 19.0. The van der Waals surface area contributed by atoms with Gasteiger partial charge in [-0.15, -0.1) is 0 Å². The first-order valence-electron chi connectivity index (χ1n) is 11.3. The summed E-state index contributed by atoms with van der Waals surface area (Å²) in [6.45, 7) is 5.27. The van der Waals surface area contributed by atoms with Crippen LogP contribution in [0.3, 0.4) is 0 Å². The highest BCUT2D eigenvalue weighted by Crippen LogP contribution is 2.35.